The van der Waals surface area contributed by atoms with Gasteiger partial charge in [-0.3, -0.25) is 0 Å². The van der Waals surface area contributed by atoms with E-state index in [1.54, 1.807) is 0 Å². The summed E-state index contributed by atoms with van der Waals surface area (Å²) in [5, 5.41) is 3.74. The molecule has 2 unspecified atom stereocenters. The highest BCUT2D eigenvalue weighted by Crippen LogP contribution is 2.20. The van der Waals surface area contributed by atoms with Crippen LogP contribution in [0.5, 0.6) is 0 Å². The van der Waals surface area contributed by atoms with Gasteiger partial charge in [-0.2, -0.15) is 0 Å². The van der Waals surface area contributed by atoms with Gasteiger partial charge < -0.3 is 15.0 Å². The number of ether oxygens (including phenoxy) is 1. The fraction of sp³-hybridized carbons (Fsp3) is 1.00. The molecule has 112 valence electrons. The van der Waals surface area contributed by atoms with Crippen molar-refractivity contribution < 1.29 is 4.74 Å². The molecular formula is C16H32N2O. The van der Waals surface area contributed by atoms with Crippen LogP contribution in [0.4, 0.5) is 0 Å². The Morgan fingerprint density at radius 1 is 1.21 bits per heavy atom. The van der Waals surface area contributed by atoms with Crippen molar-refractivity contribution in [1.29, 1.82) is 0 Å². The number of hydrogen-bond donors (Lipinski definition) is 1. The summed E-state index contributed by atoms with van der Waals surface area (Å²) in [6.45, 7) is 12.8. The molecule has 19 heavy (non-hydrogen) atoms. The minimum absolute atomic E-state index is 0.460. The van der Waals surface area contributed by atoms with Crippen molar-refractivity contribution in [2.75, 3.05) is 32.8 Å². The number of hydrogen-bond acceptors (Lipinski definition) is 3. The first-order chi connectivity index (χ1) is 9.15. The third kappa shape index (κ3) is 5.05. The van der Waals surface area contributed by atoms with Gasteiger partial charge in [-0.05, 0) is 50.6 Å². The number of nitrogens with one attached hydrogen (secondary N) is 1. The summed E-state index contributed by atoms with van der Waals surface area (Å²) in [5.41, 5.74) is 0. The minimum atomic E-state index is 0.460. The zero-order valence-corrected chi connectivity index (χ0v) is 13.0. The normalized spacial score (nSPS) is 30.9. The predicted molar refractivity (Wildman–Crippen MR) is 80.4 cm³/mol. The Balaban J connectivity index is 1.60. The van der Waals surface area contributed by atoms with Gasteiger partial charge in [-0.15, -0.1) is 0 Å². The maximum atomic E-state index is 5.83. The van der Waals surface area contributed by atoms with E-state index in [0.717, 1.165) is 19.1 Å². The van der Waals surface area contributed by atoms with Crippen LogP contribution < -0.4 is 5.32 Å². The fourth-order valence-corrected chi connectivity index (χ4v) is 3.19. The molecule has 0 bridgehead atoms. The van der Waals surface area contributed by atoms with Crippen LogP contribution in [0, 0.1) is 11.8 Å². The van der Waals surface area contributed by atoms with Crippen molar-refractivity contribution in [2.24, 2.45) is 11.8 Å². The van der Waals surface area contributed by atoms with Gasteiger partial charge in [0.15, 0.2) is 0 Å². The molecule has 0 saturated carbocycles. The zero-order chi connectivity index (χ0) is 13.7. The minimum Gasteiger partial charge on any atom is -0.378 e. The summed E-state index contributed by atoms with van der Waals surface area (Å²) in [5.74, 6) is 1.58. The summed E-state index contributed by atoms with van der Waals surface area (Å²) < 4.78 is 5.83. The van der Waals surface area contributed by atoms with E-state index in [1.165, 1.54) is 45.3 Å². The van der Waals surface area contributed by atoms with Crippen LogP contribution in [-0.4, -0.2) is 49.8 Å². The maximum Gasteiger partial charge on any atom is 0.0612 e. The first kappa shape index (κ1) is 15.3. The van der Waals surface area contributed by atoms with Crippen LogP contribution >= 0.6 is 0 Å². The number of likely N-dealkylation sites (tertiary alicyclic amines) is 1. The molecule has 3 nitrogen and oxygen atoms in total. The van der Waals surface area contributed by atoms with E-state index < -0.39 is 0 Å². The topological polar surface area (TPSA) is 24.5 Å². The van der Waals surface area contributed by atoms with Crippen LogP contribution in [0.3, 0.4) is 0 Å². The molecule has 0 amide bonds. The van der Waals surface area contributed by atoms with Gasteiger partial charge in [-0.1, -0.05) is 20.8 Å². The largest absolute Gasteiger partial charge is 0.378 e. The lowest BCUT2D eigenvalue weighted by Gasteiger charge is -2.34. The van der Waals surface area contributed by atoms with Gasteiger partial charge in [0.2, 0.25) is 0 Å². The molecule has 2 rings (SSSR count). The first-order valence-electron chi connectivity index (χ1n) is 8.22. The highest BCUT2D eigenvalue weighted by Gasteiger charge is 2.24. The van der Waals surface area contributed by atoms with Crippen LogP contribution in [-0.2, 0) is 4.74 Å². The molecule has 2 heterocycles. The van der Waals surface area contributed by atoms with Gasteiger partial charge in [0.05, 0.1) is 6.10 Å². The molecule has 1 N–H and O–H groups in total. The van der Waals surface area contributed by atoms with Gasteiger partial charge in [0.25, 0.3) is 0 Å². The van der Waals surface area contributed by atoms with E-state index in [4.69, 9.17) is 4.74 Å². The van der Waals surface area contributed by atoms with E-state index >= 15 is 0 Å². The van der Waals surface area contributed by atoms with E-state index in [1.807, 2.05) is 0 Å². The summed E-state index contributed by atoms with van der Waals surface area (Å²) >= 11 is 0. The second-order valence-corrected chi connectivity index (χ2v) is 6.85. The van der Waals surface area contributed by atoms with E-state index in [9.17, 15) is 0 Å². The predicted octanol–water partition coefficient (Wildman–Crippen LogP) is 2.51. The lowest BCUT2D eigenvalue weighted by atomic mass is 9.95. The molecule has 3 heteroatoms. The SMILES string of the molecule is CC1CCN(CCNC2CCOC(C(C)C)C2)CC1. The third-order valence-corrected chi connectivity index (χ3v) is 4.80. The average molecular weight is 268 g/mol. The number of rotatable bonds is 5. The monoisotopic (exact) mass is 268 g/mol. The average Bonchev–Trinajstić information content (AvgIpc) is 2.41. The molecule has 2 aliphatic rings. The van der Waals surface area contributed by atoms with Crippen LogP contribution in [0.15, 0.2) is 0 Å². The molecule has 0 spiro atoms. The van der Waals surface area contributed by atoms with E-state index in [0.29, 0.717) is 18.1 Å². The van der Waals surface area contributed by atoms with Crippen molar-refractivity contribution in [3.05, 3.63) is 0 Å². The van der Waals surface area contributed by atoms with Gasteiger partial charge in [0.1, 0.15) is 0 Å². The lowest BCUT2D eigenvalue weighted by Crippen LogP contribution is -2.44. The Labute approximate surface area is 119 Å². The van der Waals surface area contributed by atoms with Crippen molar-refractivity contribution in [1.82, 2.24) is 10.2 Å². The summed E-state index contributed by atoms with van der Waals surface area (Å²) in [4.78, 5) is 2.62. The zero-order valence-electron chi connectivity index (χ0n) is 13.0. The Kier molecular flexibility index (Phi) is 6.11. The highest BCUT2D eigenvalue weighted by molar-refractivity contribution is 4.79. The molecule has 2 saturated heterocycles. The Bertz CT molecular complexity index is 249. The fourth-order valence-electron chi connectivity index (χ4n) is 3.19. The summed E-state index contributed by atoms with van der Waals surface area (Å²) in [6.07, 6.45) is 5.59. The molecule has 2 aliphatic heterocycles. The number of nitrogens with zero attached hydrogens (tertiary/aromatic N) is 1. The molecule has 0 radical (unpaired) electrons. The molecule has 0 aromatic carbocycles. The van der Waals surface area contributed by atoms with Gasteiger partial charge in [-0.25, -0.2) is 0 Å². The second-order valence-electron chi connectivity index (χ2n) is 6.85. The Morgan fingerprint density at radius 2 is 1.95 bits per heavy atom. The summed E-state index contributed by atoms with van der Waals surface area (Å²) in [7, 11) is 0. The van der Waals surface area contributed by atoms with Gasteiger partial charge >= 0.3 is 0 Å². The molecule has 0 aromatic rings. The first-order valence-corrected chi connectivity index (χ1v) is 8.22. The summed E-state index contributed by atoms with van der Waals surface area (Å²) in [6, 6.07) is 0.671. The van der Waals surface area contributed by atoms with Gasteiger partial charge in [0, 0.05) is 25.7 Å². The maximum absolute atomic E-state index is 5.83. The standard InChI is InChI=1S/C16H32N2O/c1-13(2)16-12-15(6-11-19-16)17-7-10-18-8-4-14(3)5-9-18/h13-17H,4-12H2,1-3H3. The van der Waals surface area contributed by atoms with Crippen LogP contribution in [0.25, 0.3) is 0 Å². The van der Waals surface area contributed by atoms with Crippen molar-refractivity contribution >= 4 is 0 Å². The molecular weight excluding hydrogens is 236 g/mol. The van der Waals surface area contributed by atoms with Crippen molar-refractivity contribution in [3.8, 4) is 0 Å². The van der Waals surface area contributed by atoms with E-state index in [2.05, 4.69) is 31.0 Å². The molecule has 2 atom stereocenters. The molecule has 0 aromatic heterocycles. The molecule has 0 aliphatic carbocycles. The molecule has 2 fully saturated rings. The van der Waals surface area contributed by atoms with Crippen LogP contribution in [0.2, 0.25) is 0 Å². The second kappa shape index (κ2) is 7.61. The smallest absolute Gasteiger partial charge is 0.0612 e. The van der Waals surface area contributed by atoms with Crippen molar-refractivity contribution in [2.45, 2.75) is 58.6 Å². The highest BCUT2D eigenvalue weighted by atomic mass is 16.5. The van der Waals surface area contributed by atoms with E-state index in [-0.39, 0.29) is 0 Å². The Morgan fingerprint density at radius 3 is 2.63 bits per heavy atom. The van der Waals surface area contributed by atoms with Crippen molar-refractivity contribution in [3.63, 3.8) is 0 Å². The quantitative estimate of drug-likeness (QED) is 0.829. The lowest BCUT2D eigenvalue weighted by molar-refractivity contribution is -0.0245. The Hall–Kier alpha value is -0.120. The third-order valence-electron chi connectivity index (χ3n) is 4.80. The number of piperidine rings is 1. The van der Waals surface area contributed by atoms with Crippen LogP contribution in [0.1, 0.15) is 46.5 Å².